The Labute approximate surface area is 126 Å². The van der Waals surface area contributed by atoms with Gasteiger partial charge in [0.15, 0.2) is 23.9 Å². The quantitative estimate of drug-likeness (QED) is 0.774. The second-order valence-corrected chi connectivity index (χ2v) is 5.20. The Kier molecular flexibility index (Phi) is 4.79. The van der Waals surface area contributed by atoms with E-state index in [-0.39, 0.29) is 12.4 Å². The number of benzene rings is 2. The Morgan fingerprint density at radius 3 is 2.50 bits per heavy atom. The van der Waals surface area contributed by atoms with Crippen LogP contribution in [0.25, 0.3) is 0 Å². The number of aryl methyl sites for hydroxylation is 1. The van der Waals surface area contributed by atoms with Crippen molar-refractivity contribution in [3.8, 4) is 11.5 Å². The number of carbonyl (C=O) groups excluding carboxylic acids is 1. The predicted molar refractivity (Wildman–Crippen MR) is 81.7 cm³/mol. The van der Waals surface area contributed by atoms with Crippen molar-refractivity contribution in [2.45, 2.75) is 6.92 Å². The first-order valence-electron chi connectivity index (χ1n) is 6.17. The molecule has 0 bridgehead atoms. The number of ketones is 1. The minimum absolute atomic E-state index is 0.0258. The molecule has 2 rings (SSSR count). The van der Waals surface area contributed by atoms with Crippen molar-refractivity contribution in [3.05, 3.63) is 58.1 Å². The number of methoxy groups -OCH3 is 1. The number of carbonyl (C=O) groups is 1. The lowest BCUT2D eigenvalue weighted by molar-refractivity contribution is 0.0919. The summed E-state index contributed by atoms with van der Waals surface area (Å²) in [5, 5.41) is 0. The van der Waals surface area contributed by atoms with Gasteiger partial charge in [-0.3, -0.25) is 4.79 Å². The molecule has 0 fully saturated rings. The molecule has 0 saturated carbocycles. The van der Waals surface area contributed by atoms with Crippen LogP contribution in [0.4, 0.5) is 0 Å². The molecule has 4 heteroatoms. The second-order valence-electron chi connectivity index (χ2n) is 4.35. The fourth-order valence-electron chi connectivity index (χ4n) is 1.75. The number of rotatable bonds is 5. The van der Waals surface area contributed by atoms with Gasteiger partial charge in [0.1, 0.15) is 0 Å². The average molecular weight is 335 g/mol. The molecule has 0 atom stereocenters. The topological polar surface area (TPSA) is 35.5 Å². The third kappa shape index (κ3) is 3.39. The molecule has 0 radical (unpaired) electrons. The molecule has 104 valence electrons. The molecule has 0 aliphatic rings. The van der Waals surface area contributed by atoms with E-state index in [0.29, 0.717) is 17.1 Å². The van der Waals surface area contributed by atoms with E-state index in [1.54, 1.807) is 25.3 Å². The third-order valence-corrected chi connectivity index (χ3v) is 3.50. The first-order valence-corrected chi connectivity index (χ1v) is 6.96. The number of ether oxygens (including phenoxy) is 2. The maximum atomic E-state index is 12.1. The van der Waals surface area contributed by atoms with E-state index < -0.39 is 0 Å². The van der Waals surface area contributed by atoms with Crippen LogP contribution >= 0.6 is 15.9 Å². The van der Waals surface area contributed by atoms with E-state index in [4.69, 9.17) is 9.47 Å². The zero-order chi connectivity index (χ0) is 14.5. The Morgan fingerprint density at radius 2 is 1.85 bits per heavy atom. The second kappa shape index (κ2) is 6.57. The van der Waals surface area contributed by atoms with Gasteiger partial charge in [0.05, 0.1) is 11.6 Å². The first-order chi connectivity index (χ1) is 9.61. The molecular formula is C16H15BrO3. The molecule has 0 amide bonds. The lowest BCUT2D eigenvalue weighted by atomic mass is 10.1. The van der Waals surface area contributed by atoms with Gasteiger partial charge in [-0.2, -0.15) is 0 Å². The molecule has 2 aromatic rings. The summed E-state index contributed by atoms with van der Waals surface area (Å²) in [6.45, 7) is 1.96. The zero-order valence-electron chi connectivity index (χ0n) is 11.4. The van der Waals surface area contributed by atoms with Gasteiger partial charge in [0.2, 0.25) is 0 Å². The number of Topliss-reactive ketones (excluding diaryl/α,β-unsaturated/α-hetero) is 1. The zero-order valence-corrected chi connectivity index (χ0v) is 12.9. The molecule has 0 aliphatic carbocycles. The highest BCUT2D eigenvalue weighted by atomic mass is 79.9. The maximum absolute atomic E-state index is 12.1. The predicted octanol–water partition coefficient (Wildman–Crippen LogP) is 4.03. The maximum Gasteiger partial charge on any atom is 0.200 e. The van der Waals surface area contributed by atoms with Crippen LogP contribution in [0.1, 0.15) is 15.9 Å². The summed E-state index contributed by atoms with van der Waals surface area (Å²) >= 11 is 3.39. The smallest absolute Gasteiger partial charge is 0.200 e. The fourth-order valence-corrected chi connectivity index (χ4v) is 2.21. The SMILES string of the molecule is COc1cccc(Br)c1OCC(=O)c1ccc(C)cc1. The Hall–Kier alpha value is -1.81. The van der Waals surface area contributed by atoms with Gasteiger partial charge in [-0.1, -0.05) is 35.9 Å². The summed E-state index contributed by atoms with van der Waals surface area (Å²) in [7, 11) is 1.57. The first kappa shape index (κ1) is 14.6. The van der Waals surface area contributed by atoms with Crippen LogP contribution < -0.4 is 9.47 Å². The van der Waals surface area contributed by atoms with E-state index >= 15 is 0 Å². The van der Waals surface area contributed by atoms with E-state index in [1.807, 2.05) is 31.2 Å². The summed E-state index contributed by atoms with van der Waals surface area (Å²) in [4.78, 5) is 12.1. The van der Waals surface area contributed by atoms with Gasteiger partial charge < -0.3 is 9.47 Å². The minimum atomic E-state index is -0.0668. The van der Waals surface area contributed by atoms with Crippen LogP contribution in [0.2, 0.25) is 0 Å². The molecule has 20 heavy (non-hydrogen) atoms. The highest BCUT2D eigenvalue weighted by molar-refractivity contribution is 9.10. The summed E-state index contributed by atoms with van der Waals surface area (Å²) in [5.74, 6) is 1.06. The molecule has 0 aliphatic heterocycles. The molecule has 0 aromatic heterocycles. The van der Waals surface area contributed by atoms with Crippen LogP contribution in [0.5, 0.6) is 11.5 Å². The van der Waals surface area contributed by atoms with E-state index in [9.17, 15) is 4.79 Å². The molecule has 3 nitrogen and oxygen atoms in total. The van der Waals surface area contributed by atoms with Crippen molar-refractivity contribution in [1.82, 2.24) is 0 Å². The Balaban J connectivity index is 2.09. The third-order valence-electron chi connectivity index (χ3n) is 2.87. The van der Waals surface area contributed by atoms with Crippen molar-refractivity contribution in [3.63, 3.8) is 0 Å². The van der Waals surface area contributed by atoms with Crippen LogP contribution in [-0.2, 0) is 0 Å². The fraction of sp³-hybridized carbons (Fsp3) is 0.188. The summed E-state index contributed by atoms with van der Waals surface area (Å²) < 4.78 is 11.6. The standard InChI is InChI=1S/C16H15BrO3/c1-11-6-8-12(9-7-11)14(18)10-20-16-13(17)4-3-5-15(16)19-2/h3-9H,10H2,1-2H3. The largest absolute Gasteiger partial charge is 0.493 e. The molecule has 0 N–H and O–H groups in total. The van der Waals surface area contributed by atoms with E-state index in [0.717, 1.165) is 10.0 Å². The highest BCUT2D eigenvalue weighted by Gasteiger charge is 2.12. The van der Waals surface area contributed by atoms with Gasteiger partial charge in [-0.05, 0) is 35.0 Å². The monoisotopic (exact) mass is 334 g/mol. The molecule has 0 unspecified atom stereocenters. The van der Waals surface area contributed by atoms with Crippen LogP contribution in [0.15, 0.2) is 46.9 Å². The average Bonchev–Trinajstić information content (AvgIpc) is 2.46. The van der Waals surface area contributed by atoms with Crippen LogP contribution in [-0.4, -0.2) is 19.5 Å². The van der Waals surface area contributed by atoms with E-state index in [2.05, 4.69) is 15.9 Å². The highest BCUT2D eigenvalue weighted by Crippen LogP contribution is 2.34. The molecule has 2 aromatic carbocycles. The summed E-state index contributed by atoms with van der Waals surface area (Å²) in [5.41, 5.74) is 1.76. The van der Waals surface area contributed by atoms with Crippen molar-refractivity contribution in [2.24, 2.45) is 0 Å². The number of halogens is 1. The number of hydrogen-bond donors (Lipinski definition) is 0. The molecule has 0 spiro atoms. The van der Waals surface area contributed by atoms with Crippen molar-refractivity contribution in [2.75, 3.05) is 13.7 Å². The van der Waals surface area contributed by atoms with Crippen LogP contribution in [0, 0.1) is 6.92 Å². The van der Waals surface area contributed by atoms with Crippen molar-refractivity contribution < 1.29 is 14.3 Å². The summed E-state index contributed by atoms with van der Waals surface area (Å²) in [6, 6.07) is 12.9. The lowest BCUT2D eigenvalue weighted by Gasteiger charge is -2.11. The van der Waals surface area contributed by atoms with Gasteiger partial charge in [0.25, 0.3) is 0 Å². The number of hydrogen-bond acceptors (Lipinski definition) is 3. The van der Waals surface area contributed by atoms with Crippen LogP contribution in [0.3, 0.4) is 0 Å². The normalized spacial score (nSPS) is 10.2. The summed E-state index contributed by atoms with van der Waals surface area (Å²) in [6.07, 6.45) is 0. The van der Waals surface area contributed by atoms with E-state index in [1.165, 1.54) is 0 Å². The minimum Gasteiger partial charge on any atom is -0.493 e. The van der Waals surface area contributed by atoms with Gasteiger partial charge >= 0.3 is 0 Å². The molecule has 0 saturated heterocycles. The Morgan fingerprint density at radius 1 is 1.15 bits per heavy atom. The van der Waals surface area contributed by atoms with Gasteiger partial charge in [-0.25, -0.2) is 0 Å². The Bertz CT molecular complexity index is 606. The van der Waals surface area contributed by atoms with Gasteiger partial charge in [0, 0.05) is 5.56 Å². The molecule has 0 heterocycles. The lowest BCUT2D eigenvalue weighted by Crippen LogP contribution is -2.12. The number of para-hydroxylation sites is 1. The molecular weight excluding hydrogens is 320 g/mol. The van der Waals surface area contributed by atoms with Gasteiger partial charge in [-0.15, -0.1) is 0 Å². The van der Waals surface area contributed by atoms with Crippen molar-refractivity contribution in [1.29, 1.82) is 0 Å². The van der Waals surface area contributed by atoms with Crippen molar-refractivity contribution >= 4 is 21.7 Å².